The molecule has 5 nitrogen and oxygen atoms in total. The molecule has 0 aliphatic heterocycles. The predicted molar refractivity (Wildman–Crippen MR) is 49.7 cm³/mol. The van der Waals surface area contributed by atoms with Gasteiger partial charge in [0.2, 0.25) is 0 Å². The summed E-state index contributed by atoms with van der Waals surface area (Å²) in [5, 5.41) is 30.7. The lowest BCUT2D eigenvalue weighted by atomic mass is 9.91. The molecule has 1 atom stereocenters. The molecular weight excluding hydrogens is 212 g/mol. The molecular formula is C11H10O5-2. The Balaban J connectivity index is 2.87. The number of carboxylic acids is 2. The molecule has 0 bridgehead atoms. The van der Waals surface area contributed by atoms with Crippen LogP contribution in [0, 0.1) is 0 Å². The number of rotatable bonds is 5. The Morgan fingerprint density at radius 1 is 1.19 bits per heavy atom. The van der Waals surface area contributed by atoms with Gasteiger partial charge < -0.3 is 24.9 Å². The van der Waals surface area contributed by atoms with E-state index in [1.807, 2.05) is 0 Å². The summed E-state index contributed by atoms with van der Waals surface area (Å²) in [5.41, 5.74) is -1.92. The maximum Gasteiger partial charge on any atom is 0.113 e. The van der Waals surface area contributed by atoms with E-state index in [-0.39, 0.29) is 6.42 Å². The van der Waals surface area contributed by atoms with Crippen molar-refractivity contribution in [1.29, 1.82) is 0 Å². The zero-order valence-electron chi connectivity index (χ0n) is 8.38. The van der Waals surface area contributed by atoms with Gasteiger partial charge in [-0.3, -0.25) is 0 Å². The van der Waals surface area contributed by atoms with Gasteiger partial charge in [-0.2, -0.15) is 0 Å². The first-order chi connectivity index (χ1) is 7.44. The molecule has 86 valence electrons. The lowest BCUT2D eigenvalue weighted by Crippen LogP contribution is -2.53. The molecule has 0 spiro atoms. The van der Waals surface area contributed by atoms with E-state index in [9.17, 15) is 24.9 Å². The Morgan fingerprint density at radius 2 is 1.75 bits per heavy atom. The molecule has 16 heavy (non-hydrogen) atoms. The molecule has 0 saturated carbocycles. The molecule has 0 saturated heterocycles. The van der Waals surface area contributed by atoms with Crippen LogP contribution in [0.1, 0.15) is 12.0 Å². The molecule has 0 heterocycles. The van der Waals surface area contributed by atoms with Gasteiger partial charge in [0.1, 0.15) is 5.60 Å². The number of aliphatic carboxylic acids is 2. The van der Waals surface area contributed by atoms with Crippen molar-refractivity contribution >= 4 is 11.9 Å². The van der Waals surface area contributed by atoms with Gasteiger partial charge >= 0.3 is 0 Å². The Bertz CT molecular complexity index is 387. The molecule has 0 aromatic heterocycles. The van der Waals surface area contributed by atoms with E-state index in [2.05, 4.69) is 0 Å². The molecule has 0 amide bonds. The third-order valence-corrected chi connectivity index (χ3v) is 2.16. The fourth-order valence-electron chi connectivity index (χ4n) is 1.38. The van der Waals surface area contributed by atoms with Crippen LogP contribution in [-0.4, -0.2) is 22.6 Å². The molecule has 5 heteroatoms. The third-order valence-electron chi connectivity index (χ3n) is 2.16. The molecule has 0 fully saturated rings. The first-order valence-corrected chi connectivity index (χ1v) is 4.62. The van der Waals surface area contributed by atoms with E-state index in [4.69, 9.17) is 0 Å². The number of aliphatic hydroxyl groups is 1. The van der Waals surface area contributed by atoms with Crippen molar-refractivity contribution in [1.82, 2.24) is 0 Å². The van der Waals surface area contributed by atoms with Crippen molar-refractivity contribution < 1.29 is 24.9 Å². The lowest BCUT2D eigenvalue weighted by molar-refractivity contribution is -0.333. The van der Waals surface area contributed by atoms with Gasteiger partial charge in [0.05, 0.1) is 5.97 Å². The van der Waals surface area contributed by atoms with Gasteiger partial charge in [0.15, 0.2) is 0 Å². The maximum atomic E-state index is 10.7. The number of hydrogen-bond donors (Lipinski definition) is 1. The highest BCUT2D eigenvalue weighted by atomic mass is 16.4. The first kappa shape index (κ1) is 12.2. The average molecular weight is 222 g/mol. The van der Waals surface area contributed by atoms with Gasteiger partial charge in [0.25, 0.3) is 0 Å². The summed E-state index contributed by atoms with van der Waals surface area (Å²) in [5.74, 6) is -3.46. The van der Waals surface area contributed by atoms with E-state index in [1.54, 1.807) is 30.3 Å². The van der Waals surface area contributed by atoms with Gasteiger partial charge in [-0.05, 0) is 5.56 Å². The summed E-state index contributed by atoms with van der Waals surface area (Å²) in [7, 11) is 0. The van der Waals surface area contributed by atoms with Crippen LogP contribution in [0.25, 0.3) is 0 Å². The van der Waals surface area contributed by atoms with Crippen molar-refractivity contribution in [2.45, 2.75) is 18.4 Å². The minimum Gasteiger partial charge on any atom is -0.550 e. The van der Waals surface area contributed by atoms with Gasteiger partial charge in [-0.15, -0.1) is 0 Å². The second-order valence-electron chi connectivity index (χ2n) is 3.53. The summed E-state index contributed by atoms with van der Waals surface area (Å²) >= 11 is 0. The van der Waals surface area contributed by atoms with Gasteiger partial charge in [0, 0.05) is 18.8 Å². The highest BCUT2D eigenvalue weighted by Crippen LogP contribution is 2.16. The van der Waals surface area contributed by atoms with Crippen LogP contribution >= 0.6 is 0 Å². The van der Waals surface area contributed by atoms with Crippen LogP contribution in [0.15, 0.2) is 30.3 Å². The second kappa shape index (κ2) is 4.76. The van der Waals surface area contributed by atoms with Crippen molar-refractivity contribution in [3.63, 3.8) is 0 Å². The van der Waals surface area contributed by atoms with E-state index >= 15 is 0 Å². The number of carbonyl (C=O) groups is 2. The molecule has 0 aliphatic rings. The van der Waals surface area contributed by atoms with Gasteiger partial charge in [-0.1, -0.05) is 30.3 Å². The Hall–Kier alpha value is -1.88. The number of carbonyl (C=O) groups excluding carboxylic acids is 2. The van der Waals surface area contributed by atoms with Crippen LogP contribution < -0.4 is 10.2 Å². The standard InChI is InChI=1S/C11H12O5/c12-9(13)7-11(16,10(14)15)6-8-4-2-1-3-5-8/h1-5,16H,6-7H2,(H,12,13)(H,14,15)/p-2. The minimum atomic E-state index is -2.43. The van der Waals surface area contributed by atoms with Crippen LogP contribution in [0.5, 0.6) is 0 Å². The van der Waals surface area contributed by atoms with Crippen LogP contribution in [0.4, 0.5) is 0 Å². The zero-order valence-corrected chi connectivity index (χ0v) is 8.38. The van der Waals surface area contributed by atoms with Crippen molar-refractivity contribution in [3.05, 3.63) is 35.9 Å². The normalized spacial score (nSPS) is 14.1. The summed E-state index contributed by atoms with van der Waals surface area (Å²) in [6.45, 7) is 0. The molecule has 1 unspecified atom stereocenters. The zero-order chi connectivity index (χ0) is 12.2. The molecule has 1 rings (SSSR count). The van der Waals surface area contributed by atoms with Crippen molar-refractivity contribution in [3.8, 4) is 0 Å². The quantitative estimate of drug-likeness (QED) is 0.612. The topological polar surface area (TPSA) is 100 Å². The number of hydrogen-bond acceptors (Lipinski definition) is 5. The summed E-state index contributed by atoms with van der Waals surface area (Å²) in [6.07, 6.45) is -1.33. The highest BCUT2D eigenvalue weighted by Gasteiger charge is 2.29. The predicted octanol–water partition coefficient (Wildman–Crippen LogP) is -2.15. The Morgan fingerprint density at radius 3 is 2.19 bits per heavy atom. The monoisotopic (exact) mass is 222 g/mol. The summed E-state index contributed by atoms with van der Waals surface area (Å²) < 4.78 is 0. The van der Waals surface area contributed by atoms with E-state index < -0.39 is 24.0 Å². The molecule has 0 radical (unpaired) electrons. The van der Waals surface area contributed by atoms with Crippen molar-refractivity contribution in [2.75, 3.05) is 0 Å². The Labute approximate surface area is 92.0 Å². The fraction of sp³-hybridized carbons (Fsp3) is 0.273. The number of benzene rings is 1. The number of carboxylic acid groups (broad SMARTS) is 2. The smallest absolute Gasteiger partial charge is 0.113 e. The largest absolute Gasteiger partial charge is 0.550 e. The average Bonchev–Trinajstić information content (AvgIpc) is 2.17. The molecule has 0 aliphatic carbocycles. The van der Waals surface area contributed by atoms with Crippen LogP contribution in [0.3, 0.4) is 0 Å². The van der Waals surface area contributed by atoms with Gasteiger partial charge in [-0.25, -0.2) is 0 Å². The van der Waals surface area contributed by atoms with Crippen molar-refractivity contribution in [2.24, 2.45) is 0 Å². The summed E-state index contributed by atoms with van der Waals surface area (Å²) in [4.78, 5) is 21.1. The maximum absolute atomic E-state index is 10.7. The van der Waals surface area contributed by atoms with E-state index in [0.29, 0.717) is 5.56 Å². The molecule has 1 aromatic rings. The molecule has 1 aromatic carbocycles. The SMILES string of the molecule is O=C([O-])CC(O)(Cc1ccccc1)C(=O)[O-]. The fourth-order valence-corrected chi connectivity index (χ4v) is 1.38. The van der Waals surface area contributed by atoms with Crippen LogP contribution in [-0.2, 0) is 16.0 Å². The van der Waals surface area contributed by atoms with Crippen LogP contribution in [0.2, 0.25) is 0 Å². The van der Waals surface area contributed by atoms with E-state index in [1.165, 1.54) is 0 Å². The van der Waals surface area contributed by atoms with E-state index in [0.717, 1.165) is 0 Å². The summed E-state index contributed by atoms with van der Waals surface area (Å²) in [6, 6.07) is 8.21. The second-order valence-corrected chi connectivity index (χ2v) is 3.53. The first-order valence-electron chi connectivity index (χ1n) is 4.62. The highest BCUT2D eigenvalue weighted by molar-refractivity contribution is 5.81. The molecule has 1 N–H and O–H groups in total. The lowest BCUT2D eigenvalue weighted by Gasteiger charge is -2.29. The Kier molecular flexibility index (Phi) is 3.63. The minimum absolute atomic E-state index is 0.329. The third kappa shape index (κ3) is 3.06.